The van der Waals surface area contributed by atoms with Crippen molar-refractivity contribution in [2.75, 3.05) is 0 Å². The van der Waals surface area contributed by atoms with Crippen LogP contribution in [0.3, 0.4) is 0 Å². The minimum atomic E-state index is 0. The first kappa shape index (κ1) is 26.2. The summed E-state index contributed by atoms with van der Waals surface area (Å²) in [6, 6.07) is 0. The summed E-state index contributed by atoms with van der Waals surface area (Å²) in [5, 5.41) is 0. The summed E-state index contributed by atoms with van der Waals surface area (Å²) in [6.45, 7) is 0. The molecule has 23 heavy (non-hydrogen) atoms. The molecule has 1 atom stereocenters. The largest absolute Gasteiger partial charge is 3.00 e. The van der Waals surface area contributed by atoms with Crippen LogP contribution in [-0.4, -0.2) is 0 Å². The van der Waals surface area contributed by atoms with Gasteiger partial charge in [0.25, 0.3) is 0 Å². The van der Waals surface area contributed by atoms with Crippen LogP contribution in [0.4, 0.5) is 0 Å². The Hall–Kier alpha value is 0.949. The second-order valence-electron chi connectivity index (χ2n) is 6.84. The number of hydrogen-bond donors (Lipinski definition) is 0. The van der Waals surface area contributed by atoms with Crippen LogP contribution in [0.15, 0.2) is 0 Å². The zero-order valence-corrected chi connectivity index (χ0v) is 18.1. The molecule has 1 unspecified atom stereocenters. The summed E-state index contributed by atoms with van der Waals surface area (Å²) in [7, 11) is 0. The molecule has 3 fully saturated rings. The van der Waals surface area contributed by atoms with Crippen molar-refractivity contribution < 1.29 is 17.1 Å². The molecule has 3 aliphatic rings. The van der Waals surface area contributed by atoms with E-state index in [-0.39, 0.29) is 27.0 Å². The quantitative estimate of drug-likeness (QED) is 0.175. The van der Waals surface area contributed by atoms with E-state index < -0.39 is 0 Å². The van der Waals surface area contributed by atoms with Crippen LogP contribution in [0.2, 0.25) is 0 Å². The van der Waals surface area contributed by atoms with Crippen molar-refractivity contribution >= 4 is 9.90 Å². The average molecular weight is 380 g/mol. The molecule has 2 heteroatoms. The maximum absolute atomic E-state index is 2.42. The van der Waals surface area contributed by atoms with Gasteiger partial charge in [0.1, 0.15) is 0 Å². The Bertz CT molecular complexity index is 104. The molecule has 0 saturated heterocycles. The van der Waals surface area contributed by atoms with Crippen molar-refractivity contribution in [2.24, 2.45) is 0 Å². The van der Waals surface area contributed by atoms with Crippen molar-refractivity contribution in [1.29, 1.82) is 0 Å². The molecular weight excluding hydrogens is 338 g/mol. The SMILES string of the molecule is P.[CH-]1CCCCCC1.[CH-]1CCCCCC1.[CH-]1CCCCCC1.[Mn+3]. The maximum atomic E-state index is 2.42. The topological polar surface area (TPSA) is 0 Å². The zero-order chi connectivity index (χ0) is 14.8. The fourth-order valence-corrected chi connectivity index (χ4v) is 3.23. The Balaban J connectivity index is 0. The second kappa shape index (κ2) is 22.9. The van der Waals surface area contributed by atoms with Gasteiger partial charge < -0.3 is 19.3 Å². The summed E-state index contributed by atoms with van der Waals surface area (Å²) < 4.78 is 0. The molecule has 0 radical (unpaired) electrons. The van der Waals surface area contributed by atoms with E-state index in [0.29, 0.717) is 0 Å². The summed E-state index contributed by atoms with van der Waals surface area (Å²) in [4.78, 5) is 0. The van der Waals surface area contributed by atoms with E-state index in [1.165, 1.54) is 116 Å². The summed E-state index contributed by atoms with van der Waals surface area (Å²) in [6.07, 6.45) is 33.0. The number of rotatable bonds is 0. The first-order chi connectivity index (χ1) is 10.5. The Morgan fingerprint density at radius 1 is 0.304 bits per heavy atom. The normalized spacial score (nSPS) is 21.9. The van der Waals surface area contributed by atoms with Gasteiger partial charge >= 0.3 is 17.1 Å². The van der Waals surface area contributed by atoms with E-state index in [9.17, 15) is 0 Å². The van der Waals surface area contributed by atoms with Crippen LogP contribution >= 0.6 is 9.90 Å². The number of hydrogen-bond acceptors (Lipinski definition) is 0. The van der Waals surface area contributed by atoms with Gasteiger partial charge in [0, 0.05) is 0 Å². The molecule has 3 aliphatic carbocycles. The molecule has 0 heterocycles. The van der Waals surface area contributed by atoms with Gasteiger partial charge in [-0.2, -0.15) is 48.4 Å². The van der Waals surface area contributed by atoms with E-state index in [1.54, 1.807) is 0 Å². The first-order valence-electron chi connectivity index (χ1n) is 9.95. The zero-order valence-electron chi connectivity index (χ0n) is 15.5. The average Bonchev–Trinajstić information content (AvgIpc) is 3.09. The predicted octanol–water partition coefficient (Wildman–Crippen LogP) is 7.69. The van der Waals surface area contributed by atoms with Gasteiger partial charge in [-0.1, -0.05) is 77.0 Å². The first-order valence-corrected chi connectivity index (χ1v) is 9.95. The van der Waals surface area contributed by atoms with Crippen LogP contribution in [0.1, 0.15) is 116 Å². The minimum absolute atomic E-state index is 0. The summed E-state index contributed by atoms with van der Waals surface area (Å²) >= 11 is 0. The molecule has 0 aliphatic heterocycles. The van der Waals surface area contributed by atoms with Gasteiger partial charge in [0.2, 0.25) is 0 Å². The standard InChI is InChI=1S/3C7H13.Mn.H3P/c3*1-2-4-6-7-5-3-1;;/h3*1H,2-7H2;;1H3/q3*-1;+3;. The van der Waals surface area contributed by atoms with E-state index in [2.05, 4.69) is 19.3 Å². The van der Waals surface area contributed by atoms with Crippen molar-refractivity contribution in [3.8, 4) is 0 Å². The minimum Gasteiger partial charge on any atom is -0.328 e. The Labute approximate surface area is 161 Å². The van der Waals surface area contributed by atoms with Crippen molar-refractivity contribution in [1.82, 2.24) is 0 Å². The van der Waals surface area contributed by atoms with Gasteiger partial charge in [-0.25, -0.2) is 0 Å². The van der Waals surface area contributed by atoms with Crippen LogP contribution in [0.25, 0.3) is 0 Å². The Kier molecular flexibility index (Phi) is 26.1. The van der Waals surface area contributed by atoms with E-state index in [4.69, 9.17) is 0 Å². The third-order valence-corrected chi connectivity index (χ3v) is 4.70. The van der Waals surface area contributed by atoms with Crippen molar-refractivity contribution in [3.05, 3.63) is 19.3 Å². The molecule has 0 nitrogen and oxygen atoms in total. The van der Waals surface area contributed by atoms with E-state index >= 15 is 0 Å². The van der Waals surface area contributed by atoms with Crippen molar-refractivity contribution in [3.63, 3.8) is 0 Å². The van der Waals surface area contributed by atoms with Gasteiger partial charge in [-0.3, -0.25) is 0 Å². The van der Waals surface area contributed by atoms with E-state index in [1.807, 2.05) is 0 Å². The molecule has 0 amide bonds. The molecule has 3 rings (SSSR count). The molecule has 138 valence electrons. The molecule has 3 saturated carbocycles. The summed E-state index contributed by atoms with van der Waals surface area (Å²) in [5.74, 6) is 0. The van der Waals surface area contributed by atoms with Gasteiger partial charge in [0.15, 0.2) is 0 Å². The summed E-state index contributed by atoms with van der Waals surface area (Å²) in [5.41, 5.74) is 0. The molecule has 0 aromatic heterocycles. The molecule has 0 N–H and O–H groups in total. The third kappa shape index (κ3) is 20.9. The fraction of sp³-hybridized carbons (Fsp3) is 0.857. The molecule has 0 aromatic rings. The molecular formula is C21H42MnP. The third-order valence-electron chi connectivity index (χ3n) is 4.70. The van der Waals surface area contributed by atoms with Crippen LogP contribution in [-0.2, 0) is 17.1 Å². The van der Waals surface area contributed by atoms with Crippen LogP contribution in [0.5, 0.6) is 0 Å². The Morgan fingerprint density at radius 2 is 0.478 bits per heavy atom. The van der Waals surface area contributed by atoms with Gasteiger partial charge in [0.05, 0.1) is 0 Å². The Morgan fingerprint density at radius 3 is 0.652 bits per heavy atom. The maximum Gasteiger partial charge on any atom is 3.00 e. The molecule has 0 bridgehead atoms. The van der Waals surface area contributed by atoms with Gasteiger partial charge in [-0.15, -0.1) is 0 Å². The van der Waals surface area contributed by atoms with Crippen LogP contribution < -0.4 is 0 Å². The monoisotopic (exact) mass is 380 g/mol. The second-order valence-corrected chi connectivity index (χ2v) is 6.84. The molecule has 0 aromatic carbocycles. The van der Waals surface area contributed by atoms with Crippen LogP contribution in [0, 0.1) is 19.3 Å². The predicted molar refractivity (Wildman–Crippen MR) is 107 cm³/mol. The smallest absolute Gasteiger partial charge is 0.328 e. The van der Waals surface area contributed by atoms with E-state index in [0.717, 1.165) is 0 Å². The van der Waals surface area contributed by atoms with Crippen molar-refractivity contribution in [2.45, 2.75) is 116 Å². The fourth-order valence-electron chi connectivity index (χ4n) is 3.23. The van der Waals surface area contributed by atoms with Gasteiger partial charge in [-0.05, 0) is 0 Å². The molecule has 0 spiro atoms.